The molecule has 2 aromatic rings. The van der Waals surface area contributed by atoms with Gasteiger partial charge < -0.3 is 26.0 Å². The first-order chi connectivity index (χ1) is 16.8. The Bertz CT molecular complexity index is 1000. The summed E-state index contributed by atoms with van der Waals surface area (Å²) < 4.78 is 46.6. The molecule has 0 bridgehead atoms. The number of nitrogens with two attached hydrogens (primary N) is 1. The Labute approximate surface area is 204 Å². The number of alkyl halides is 3. The molecule has 0 radical (unpaired) electrons. The van der Waals surface area contributed by atoms with Crippen LogP contribution in [0.4, 0.5) is 29.3 Å². The molecule has 0 spiro atoms. The summed E-state index contributed by atoms with van der Waals surface area (Å²) in [5.74, 6) is 0.0612. The first-order valence-corrected chi connectivity index (χ1v) is 12.2. The van der Waals surface area contributed by atoms with Gasteiger partial charge in [0, 0.05) is 42.0 Å². The number of halogens is 3. The number of ether oxygens (including phenoxy) is 1. The number of rotatable bonds is 7. The van der Waals surface area contributed by atoms with Crippen molar-refractivity contribution < 1.29 is 22.7 Å². The SMILES string of the molecule is C[C@@H]1Nc2ccc(C(F)(F)F)cc2[C@H]2O[C@@H](CN(CCCCN)C(=O)Nc3ccccc3)CC[C@@H]12. The summed E-state index contributed by atoms with van der Waals surface area (Å²) in [6, 6.07) is 12.9. The summed E-state index contributed by atoms with van der Waals surface area (Å²) in [5.41, 5.74) is 6.88. The predicted molar refractivity (Wildman–Crippen MR) is 130 cm³/mol. The summed E-state index contributed by atoms with van der Waals surface area (Å²) in [7, 11) is 0. The van der Waals surface area contributed by atoms with Gasteiger partial charge in [-0.1, -0.05) is 18.2 Å². The predicted octanol–water partition coefficient (Wildman–Crippen LogP) is 5.63. The summed E-state index contributed by atoms with van der Waals surface area (Å²) >= 11 is 0. The number of carbonyl (C=O) groups excluding carboxylic acids is 1. The lowest BCUT2D eigenvalue weighted by Crippen LogP contribution is -2.47. The molecule has 6 nitrogen and oxygen atoms in total. The summed E-state index contributed by atoms with van der Waals surface area (Å²) in [6.07, 6.45) is -2.06. The number of fused-ring (bicyclic) bond motifs is 3. The lowest BCUT2D eigenvalue weighted by molar-refractivity contribution is -0.138. The molecular formula is C26H33F3N4O2. The second-order valence-corrected chi connectivity index (χ2v) is 9.39. The van der Waals surface area contributed by atoms with Crippen molar-refractivity contribution in [3.8, 4) is 0 Å². The molecule has 0 saturated carbocycles. The van der Waals surface area contributed by atoms with Gasteiger partial charge in [0.2, 0.25) is 0 Å². The number of para-hydroxylation sites is 1. The molecule has 1 fully saturated rings. The molecule has 35 heavy (non-hydrogen) atoms. The number of nitrogens with one attached hydrogen (secondary N) is 2. The van der Waals surface area contributed by atoms with Gasteiger partial charge in [-0.3, -0.25) is 0 Å². The minimum absolute atomic E-state index is 0.0612. The number of hydrogen-bond acceptors (Lipinski definition) is 4. The number of amides is 2. The summed E-state index contributed by atoms with van der Waals surface area (Å²) in [5, 5.41) is 6.27. The average Bonchev–Trinajstić information content (AvgIpc) is 2.83. The van der Waals surface area contributed by atoms with Crippen molar-refractivity contribution in [2.75, 3.05) is 30.3 Å². The van der Waals surface area contributed by atoms with Crippen molar-refractivity contribution in [3.63, 3.8) is 0 Å². The van der Waals surface area contributed by atoms with E-state index in [0.717, 1.165) is 31.7 Å². The number of anilines is 2. The Balaban J connectivity index is 1.51. The van der Waals surface area contributed by atoms with E-state index in [2.05, 4.69) is 10.6 Å². The van der Waals surface area contributed by atoms with Gasteiger partial charge in [-0.05, 0) is 69.5 Å². The van der Waals surface area contributed by atoms with Crippen LogP contribution in [0, 0.1) is 5.92 Å². The first-order valence-electron chi connectivity index (χ1n) is 12.2. The monoisotopic (exact) mass is 490 g/mol. The van der Waals surface area contributed by atoms with Crippen LogP contribution in [-0.2, 0) is 10.9 Å². The summed E-state index contributed by atoms with van der Waals surface area (Å²) in [4.78, 5) is 14.8. The van der Waals surface area contributed by atoms with E-state index in [9.17, 15) is 18.0 Å². The molecule has 4 N–H and O–H groups in total. The third kappa shape index (κ3) is 6.08. The molecule has 0 unspecified atom stereocenters. The second kappa shape index (κ2) is 10.9. The number of urea groups is 1. The molecule has 0 aromatic heterocycles. The molecule has 1 saturated heterocycles. The van der Waals surface area contributed by atoms with Crippen LogP contribution in [0.1, 0.15) is 49.8 Å². The van der Waals surface area contributed by atoms with Crippen LogP contribution in [0.25, 0.3) is 0 Å². The standard InChI is InChI=1S/C26H33F3N4O2/c1-17-21-11-10-20(35-24(21)22-15-18(26(27,28)29)9-12-23(22)31-17)16-33(14-6-5-13-30)25(34)32-19-7-3-2-4-8-19/h2-4,7-9,12,15,17,20-21,24,31H,5-6,10-11,13-14,16,30H2,1H3,(H,32,34)/t17-,20+,21-,24-/m0/s1. The maximum Gasteiger partial charge on any atom is 0.416 e. The number of benzene rings is 2. The first kappa shape index (κ1) is 25.3. The number of nitrogens with zero attached hydrogens (tertiary/aromatic N) is 1. The Kier molecular flexibility index (Phi) is 7.86. The van der Waals surface area contributed by atoms with E-state index in [1.807, 2.05) is 37.3 Å². The molecular weight excluding hydrogens is 457 g/mol. The fraction of sp³-hybridized carbons (Fsp3) is 0.500. The van der Waals surface area contributed by atoms with Crippen LogP contribution in [0.5, 0.6) is 0 Å². The zero-order valence-electron chi connectivity index (χ0n) is 19.9. The highest BCUT2D eigenvalue weighted by Crippen LogP contribution is 2.47. The fourth-order valence-electron chi connectivity index (χ4n) is 5.01. The average molecular weight is 491 g/mol. The molecule has 0 aliphatic carbocycles. The molecule has 190 valence electrons. The van der Waals surface area contributed by atoms with E-state index in [4.69, 9.17) is 10.5 Å². The van der Waals surface area contributed by atoms with Crippen LogP contribution in [0.3, 0.4) is 0 Å². The van der Waals surface area contributed by atoms with E-state index in [-0.39, 0.29) is 24.1 Å². The van der Waals surface area contributed by atoms with E-state index in [0.29, 0.717) is 36.6 Å². The van der Waals surface area contributed by atoms with Crippen LogP contribution < -0.4 is 16.4 Å². The van der Waals surface area contributed by atoms with Crippen molar-refractivity contribution in [3.05, 3.63) is 59.7 Å². The van der Waals surface area contributed by atoms with Gasteiger partial charge in [0.25, 0.3) is 0 Å². The van der Waals surface area contributed by atoms with Gasteiger partial charge in [0.1, 0.15) is 0 Å². The van der Waals surface area contributed by atoms with Crippen molar-refractivity contribution in [1.29, 1.82) is 0 Å². The van der Waals surface area contributed by atoms with Crippen LogP contribution in [0.15, 0.2) is 48.5 Å². The van der Waals surface area contributed by atoms with E-state index < -0.39 is 17.8 Å². The highest BCUT2D eigenvalue weighted by molar-refractivity contribution is 5.89. The van der Waals surface area contributed by atoms with Crippen molar-refractivity contribution in [1.82, 2.24) is 4.90 Å². The number of unbranched alkanes of at least 4 members (excludes halogenated alkanes) is 1. The Hall–Kier alpha value is -2.78. The quantitative estimate of drug-likeness (QED) is 0.440. The fourth-order valence-corrected chi connectivity index (χ4v) is 5.01. The Morgan fingerprint density at radius 1 is 1.17 bits per heavy atom. The van der Waals surface area contributed by atoms with Crippen LogP contribution >= 0.6 is 0 Å². The number of hydrogen-bond donors (Lipinski definition) is 3. The van der Waals surface area contributed by atoms with E-state index in [1.165, 1.54) is 12.1 Å². The maximum atomic E-state index is 13.4. The maximum absolute atomic E-state index is 13.4. The van der Waals surface area contributed by atoms with Gasteiger partial charge in [0.05, 0.1) is 17.8 Å². The minimum atomic E-state index is -4.42. The lowest BCUT2D eigenvalue weighted by atomic mass is 9.79. The third-order valence-electron chi connectivity index (χ3n) is 6.88. The second-order valence-electron chi connectivity index (χ2n) is 9.39. The molecule has 2 aliphatic heterocycles. The van der Waals surface area contributed by atoms with Gasteiger partial charge in [-0.15, -0.1) is 0 Å². The highest BCUT2D eigenvalue weighted by Gasteiger charge is 2.42. The van der Waals surface area contributed by atoms with E-state index in [1.54, 1.807) is 4.90 Å². The zero-order valence-corrected chi connectivity index (χ0v) is 19.9. The molecule has 2 aromatic carbocycles. The van der Waals surface area contributed by atoms with Crippen LogP contribution in [-0.4, -0.2) is 42.7 Å². The molecule has 4 rings (SSSR count). The molecule has 2 amide bonds. The number of carbonyl (C=O) groups is 1. The van der Waals surface area contributed by atoms with Gasteiger partial charge >= 0.3 is 12.2 Å². The Morgan fingerprint density at radius 3 is 2.66 bits per heavy atom. The minimum Gasteiger partial charge on any atom is -0.382 e. The van der Waals surface area contributed by atoms with Gasteiger partial charge in [0.15, 0.2) is 0 Å². The van der Waals surface area contributed by atoms with Crippen molar-refractivity contribution in [2.45, 2.75) is 57.0 Å². The molecule has 9 heteroatoms. The molecule has 2 aliphatic rings. The zero-order chi connectivity index (χ0) is 25.0. The van der Waals surface area contributed by atoms with Gasteiger partial charge in [-0.25, -0.2) is 4.79 Å². The topological polar surface area (TPSA) is 79.6 Å². The largest absolute Gasteiger partial charge is 0.416 e. The molecule has 4 atom stereocenters. The van der Waals surface area contributed by atoms with Crippen molar-refractivity contribution in [2.24, 2.45) is 11.7 Å². The Morgan fingerprint density at radius 2 is 1.94 bits per heavy atom. The lowest BCUT2D eigenvalue weighted by Gasteiger charge is -2.45. The van der Waals surface area contributed by atoms with Crippen LogP contribution in [0.2, 0.25) is 0 Å². The third-order valence-corrected chi connectivity index (χ3v) is 6.88. The normalized spacial score (nSPS) is 23.6. The van der Waals surface area contributed by atoms with Crippen molar-refractivity contribution >= 4 is 17.4 Å². The highest BCUT2D eigenvalue weighted by atomic mass is 19.4. The molecule has 2 heterocycles. The summed E-state index contributed by atoms with van der Waals surface area (Å²) in [6.45, 7) is 3.47. The van der Waals surface area contributed by atoms with E-state index >= 15 is 0 Å². The van der Waals surface area contributed by atoms with Gasteiger partial charge in [-0.2, -0.15) is 13.2 Å². The smallest absolute Gasteiger partial charge is 0.382 e.